The van der Waals surface area contributed by atoms with E-state index < -0.39 is 0 Å². The summed E-state index contributed by atoms with van der Waals surface area (Å²) in [6.07, 6.45) is 1.25. The Morgan fingerprint density at radius 2 is 2.33 bits per heavy atom. The monoisotopic (exact) mass is 262 g/mol. The fraction of sp³-hybridized carbons (Fsp3) is 0.500. The van der Waals surface area contributed by atoms with Crippen LogP contribution in [0.25, 0.3) is 11.1 Å². The Kier molecular flexibility index (Phi) is 3.20. The first-order chi connectivity index (χ1) is 8.72. The second kappa shape index (κ2) is 4.84. The second-order valence-electron chi connectivity index (χ2n) is 5.09. The van der Waals surface area contributed by atoms with Crippen LogP contribution in [-0.2, 0) is 0 Å². The molecular weight excluding hydrogens is 244 g/mol. The van der Waals surface area contributed by atoms with Gasteiger partial charge in [0.25, 0.3) is 0 Å². The molecule has 4 heteroatoms. The Labute approximate surface area is 111 Å². The third-order valence-corrected chi connectivity index (χ3v) is 4.36. The molecule has 0 aliphatic carbocycles. The molecular formula is C14H18N2OS. The molecule has 1 aromatic heterocycles. The van der Waals surface area contributed by atoms with Gasteiger partial charge in [-0.25, -0.2) is 4.98 Å². The Bertz CT molecular complexity index is 544. The maximum atomic E-state index is 5.71. The summed E-state index contributed by atoms with van der Waals surface area (Å²) in [5, 5.41) is 3.57. The first kappa shape index (κ1) is 11.9. The molecule has 0 bridgehead atoms. The highest BCUT2D eigenvalue weighted by molar-refractivity contribution is 7.99. The van der Waals surface area contributed by atoms with Crippen LogP contribution in [0.15, 0.2) is 22.6 Å². The van der Waals surface area contributed by atoms with E-state index in [1.54, 1.807) is 0 Å². The zero-order valence-electron chi connectivity index (χ0n) is 10.8. The molecule has 2 aromatic rings. The quantitative estimate of drug-likeness (QED) is 0.911. The summed E-state index contributed by atoms with van der Waals surface area (Å²) in [7, 11) is 0. The van der Waals surface area contributed by atoms with Crippen molar-refractivity contribution in [1.82, 2.24) is 4.98 Å². The lowest BCUT2D eigenvalue weighted by Crippen LogP contribution is -2.17. The van der Waals surface area contributed by atoms with E-state index in [9.17, 15) is 0 Å². The molecule has 0 spiro atoms. The van der Waals surface area contributed by atoms with Crippen LogP contribution in [0.2, 0.25) is 0 Å². The lowest BCUT2D eigenvalue weighted by atomic mass is 10.2. The smallest absolute Gasteiger partial charge is 0.198 e. The molecule has 0 saturated carbocycles. The molecule has 1 fully saturated rings. The molecule has 0 radical (unpaired) electrons. The van der Waals surface area contributed by atoms with E-state index >= 15 is 0 Å². The van der Waals surface area contributed by atoms with Crippen LogP contribution in [0.4, 0.5) is 5.69 Å². The lowest BCUT2D eigenvalue weighted by Gasteiger charge is -2.12. The molecule has 3 nitrogen and oxygen atoms in total. The number of anilines is 1. The van der Waals surface area contributed by atoms with Crippen LogP contribution in [0.5, 0.6) is 0 Å². The number of hydrogen-bond acceptors (Lipinski definition) is 4. The predicted molar refractivity (Wildman–Crippen MR) is 77.5 cm³/mol. The molecule has 1 saturated heterocycles. The number of hydrogen-bond donors (Lipinski definition) is 1. The van der Waals surface area contributed by atoms with E-state index in [1.165, 1.54) is 17.9 Å². The normalized spacial score (nSPS) is 19.8. The molecule has 1 aliphatic rings. The topological polar surface area (TPSA) is 38.1 Å². The second-order valence-corrected chi connectivity index (χ2v) is 6.24. The van der Waals surface area contributed by atoms with Crippen molar-refractivity contribution in [2.45, 2.75) is 32.2 Å². The van der Waals surface area contributed by atoms with Gasteiger partial charge in [-0.2, -0.15) is 11.8 Å². The first-order valence-electron chi connectivity index (χ1n) is 6.47. The van der Waals surface area contributed by atoms with Crippen LogP contribution in [-0.4, -0.2) is 22.5 Å². The Hall–Kier alpha value is -1.16. The minimum atomic E-state index is 0.333. The van der Waals surface area contributed by atoms with E-state index in [1.807, 2.05) is 17.8 Å². The third kappa shape index (κ3) is 2.34. The average Bonchev–Trinajstić information content (AvgIpc) is 2.96. The van der Waals surface area contributed by atoms with E-state index in [-0.39, 0.29) is 0 Å². The summed E-state index contributed by atoms with van der Waals surface area (Å²) in [5.41, 5.74) is 2.98. The lowest BCUT2D eigenvalue weighted by molar-refractivity contribution is 0.501. The maximum absolute atomic E-state index is 5.71. The number of fused-ring (bicyclic) bond motifs is 1. The van der Waals surface area contributed by atoms with Gasteiger partial charge in [0, 0.05) is 23.4 Å². The molecule has 96 valence electrons. The Balaban J connectivity index is 1.85. The SMILES string of the molecule is CC(C)c1nc2cc(NC3CCSC3)ccc2o1. The summed E-state index contributed by atoms with van der Waals surface area (Å²) in [6.45, 7) is 4.19. The first-order valence-corrected chi connectivity index (χ1v) is 7.62. The van der Waals surface area contributed by atoms with Gasteiger partial charge in [0.15, 0.2) is 11.5 Å². The number of aromatic nitrogens is 1. The van der Waals surface area contributed by atoms with Gasteiger partial charge < -0.3 is 9.73 Å². The summed E-state index contributed by atoms with van der Waals surface area (Å²) in [5.74, 6) is 3.62. The molecule has 1 aromatic carbocycles. The highest BCUT2D eigenvalue weighted by Crippen LogP contribution is 2.26. The Morgan fingerprint density at radius 3 is 3.06 bits per heavy atom. The van der Waals surface area contributed by atoms with Gasteiger partial charge in [-0.3, -0.25) is 0 Å². The summed E-state index contributed by atoms with van der Waals surface area (Å²) < 4.78 is 5.71. The molecule has 1 N–H and O–H groups in total. The summed E-state index contributed by atoms with van der Waals surface area (Å²) >= 11 is 2.02. The molecule has 18 heavy (non-hydrogen) atoms. The highest BCUT2D eigenvalue weighted by atomic mass is 32.2. The van der Waals surface area contributed by atoms with E-state index in [4.69, 9.17) is 4.42 Å². The van der Waals surface area contributed by atoms with Crippen molar-refractivity contribution in [1.29, 1.82) is 0 Å². The maximum Gasteiger partial charge on any atom is 0.198 e. The van der Waals surface area contributed by atoms with Crippen molar-refractivity contribution in [3.8, 4) is 0 Å². The molecule has 1 aliphatic heterocycles. The average molecular weight is 262 g/mol. The van der Waals surface area contributed by atoms with Crippen molar-refractivity contribution in [2.75, 3.05) is 16.8 Å². The number of nitrogens with one attached hydrogen (secondary N) is 1. The standard InChI is InChI=1S/C14H18N2OS/c1-9(2)14-16-12-7-10(3-4-13(12)17-14)15-11-5-6-18-8-11/h3-4,7,9,11,15H,5-6,8H2,1-2H3. The van der Waals surface area contributed by atoms with E-state index in [0.717, 1.165) is 22.7 Å². The van der Waals surface area contributed by atoms with Crippen molar-refractivity contribution in [3.05, 3.63) is 24.1 Å². The molecule has 2 heterocycles. The van der Waals surface area contributed by atoms with Crippen molar-refractivity contribution < 1.29 is 4.42 Å². The van der Waals surface area contributed by atoms with Crippen LogP contribution in [0.3, 0.4) is 0 Å². The summed E-state index contributed by atoms with van der Waals surface area (Å²) in [4.78, 5) is 4.54. The third-order valence-electron chi connectivity index (χ3n) is 3.20. The van der Waals surface area contributed by atoms with Gasteiger partial charge in [-0.05, 0) is 30.4 Å². The highest BCUT2D eigenvalue weighted by Gasteiger charge is 2.15. The van der Waals surface area contributed by atoms with Crippen LogP contribution < -0.4 is 5.32 Å². The summed E-state index contributed by atoms with van der Waals surface area (Å²) in [6, 6.07) is 6.79. The molecule has 1 atom stereocenters. The minimum absolute atomic E-state index is 0.333. The van der Waals surface area contributed by atoms with Gasteiger partial charge in [0.05, 0.1) is 0 Å². The zero-order chi connectivity index (χ0) is 12.5. The molecule has 3 rings (SSSR count). The van der Waals surface area contributed by atoms with Gasteiger partial charge in [0.2, 0.25) is 0 Å². The van der Waals surface area contributed by atoms with E-state index in [2.05, 4.69) is 36.3 Å². The fourth-order valence-corrected chi connectivity index (χ4v) is 3.32. The minimum Gasteiger partial charge on any atom is -0.440 e. The zero-order valence-corrected chi connectivity index (χ0v) is 11.6. The number of nitrogens with zero attached hydrogens (tertiary/aromatic N) is 1. The molecule has 0 amide bonds. The van der Waals surface area contributed by atoms with Crippen LogP contribution >= 0.6 is 11.8 Å². The van der Waals surface area contributed by atoms with Crippen LogP contribution in [0.1, 0.15) is 32.1 Å². The largest absolute Gasteiger partial charge is 0.440 e. The number of oxazole rings is 1. The van der Waals surface area contributed by atoms with Gasteiger partial charge >= 0.3 is 0 Å². The molecule has 1 unspecified atom stereocenters. The van der Waals surface area contributed by atoms with Crippen LogP contribution in [0, 0.1) is 0 Å². The van der Waals surface area contributed by atoms with Gasteiger partial charge in [-0.15, -0.1) is 0 Å². The van der Waals surface area contributed by atoms with Gasteiger partial charge in [0.1, 0.15) is 5.52 Å². The predicted octanol–water partition coefficient (Wildman–Crippen LogP) is 3.87. The van der Waals surface area contributed by atoms with Gasteiger partial charge in [-0.1, -0.05) is 13.8 Å². The van der Waals surface area contributed by atoms with Crippen molar-refractivity contribution >= 4 is 28.5 Å². The number of benzene rings is 1. The Morgan fingerprint density at radius 1 is 1.44 bits per heavy atom. The number of rotatable bonds is 3. The fourth-order valence-electron chi connectivity index (χ4n) is 2.17. The van der Waals surface area contributed by atoms with E-state index in [0.29, 0.717) is 12.0 Å². The van der Waals surface area contributed by atoms with Crippen molar-refractivity contribution in [3.63, 3.8) is 0 Å². The number of thioether (sulfide) groups is 1. The van der Waals surface area contributed by atoms with Crippen molar-refractivity contribution in [2.24, 2.45) is 0 Å².